The van der Waals surface area contributed by atoms with Crippen LogP contribution in [-0.2, 0) is 0 Å². The number of amides is 1. The summed E-state index contributed by atoms with van der Waals surface area (Å²) in [5, 5.41) is 6.33. The highest BCUT2D eigenvalue weighted by Crippen LogP contribution is 2.48. The molecule has 2 atom stereocenters. The summed E-state index contributed by atoms with van der Waals surface area (Å²) < 4.78 is 19.6. The Hall–Kier alpha value is -1.62. The molecule has 5 heteroatoms. The predicted molar refractivity (Wildman–Crippen MR) is 85.0 cm³/mol. The summed E-state index contributed by atoms with van der Waals surface area (Å²) in [4.78, 5) is 12.3. The van der Waals surface area contributed by atoms with Gasteiger partial charge in [0.2, 0.25) is 0 Å². The van der Waals surface area contributed by atoms with Crippen molar-refractivity contribution in [2.45, 2.75) is 31.8 Å². The minimum atomic E-state index is -0.392. The maximum absolute atomic E-state index is 13.9. The van der Waals surface area contributed by atoms with Crippen LogP contribution < -0.4 is 15.4 Å². The van der Waals surface area contributed by atoms with Gasteiger partial charge in [-0.3, -0.25) is 4.79 Å². The zero-order valence-electron chi connectivity index (χ0n) is 13.2. The van der Waals surface area contributed by atoms with Gasteiger partial charge in [0.15, 0.2) is 11.6 Å². The van der Waals surface area contributed by atoms with Gasteiger partial charge in [-0.15, -0.1) is 0 Å². The van der Waals surface area contributed by atoms with Gasteiger partial charge in [0.1, 0.15) is 0 Å². The molecule has 1 aromatic rings. The van der Waals surface area contributed by atoms with Crippen molar-refractivity contribution in [2.75, 3.05) is 19.6 Å². The van der Waals surface area contributed by atoms with Crippen LogP contribution in [0.1, 0.15) is 36.0 Å². The molecule has 23 heavy (non-hydrogen) atoms. The van der Waals surface area contributed by atoms with Crippen molar-refractivity contribution < 1.29 is 13.9 Å². The van der Waals surface area contributed by atoms with Crippen molar-refractivity contribution in [2.24, 2.45) is 17.8 Å². The van der Waals surface area contributed by atoms with Crippen LogP contribution in [-0.4, -0.2) is 31.6 Å². The van der Waals surface area contributed by atoms with E-state index < -0.39 is 5.82 Å². The lowest BCUT2D eigenvalue weighted by Crippen LogP contribution is -2.28. The highest BCUT2D eigenvalue weighted by molar-refractivity contribution is 5.94. The number of piperidine rings is 1. The Balaban J connectivity index is 1.36. The molecule has 0 aromatic heterocycles. The Morgan fingerprint density at radius 2 is 2.00 bits per heavy atom. The van der Waals surface area contributed by atoms with Crippen LogP contribution in [0.25, 0.3) is 0 Å². The molecule has 2 saturated carbocycles. The molecule has 1 saturated heterocycles. The Bertz CT molecular complexity index is 591. The van der Waals surface area contributed by atoms with Gasteiger partial charge < -0.3 is 15.4 Å². The second kappa shape index (κ2) is 6.11. The number of hydrogen-bond acceptors (Lipinski definition) is 3. The van der Waals surface area contributed by atoms with E-state index >= 15 is 0 Å². The SMILES string of the molecule is O=C(NCC1C2CNCC21)c1ccc(F)c(OC2CCCC2)c1. The predicted octanol–water partition coefficient (Wildman–Crippen LogP) is 2.34. The highest BCUT2D eigenvalue weighted by atomic mass is 19.1. The summed E-state index contributed by atoms with van der Waals surface area (Å²) in [5.41, 5.74) is 0.475. The van der Waals surface area contributed by atoms with E-state index in [0.29, 0.717) is 18.0 Å². The summed E-state index contributed by atoms with van der Waals surface area (Å²) in [6, 6.07) is 4.40. The molecule has 3 fully saturated rings. The van der Waals surface area contributed by atoms with Crippen LogP contribution in [0.4, 0.5) is 4.39 Å². The van der Waals surface area contributed by atoms with E-state index in [4.69, 9.17) is 4.74 Å². The van der Waals surface area contributed by atoms with Gasteiger partial charge in [0, 0.05) is 12.1 Å². The Kier molecular flexibility index (Phi) is 3.97. The summed E-state index contributed by atoms with van der Waals surface area (Å²) in [6.45, 7) is 2.86. The lowest BCUT2D eigenvalue weighted by atomic mass is 10.2. The van der Waals surface area contributed by atoms with Crippen LogP contribution in [0.5, 0.6) is 5.75 Å². The number of rotatable bonds is 5. The summed E-state index contributed by atoms with van der Waals surface area (Å²) in [7, 11) is 0. The van der Waals surface area contributed by atoms with Crippen molar-refractivity contribution >= 4 is 5.91 Å². The molecule has 0 radical (unpaired) electrons. The molecule has 4 nitrogen and oxygen atoms in total. The maximum atomic E-state index is 13.9. The first-order valence-electron chi connectivity index (χ1n) is 8.67. The third-order valence-corrected chi connectivity index (χ3v) is 5.56. The average molecular weight is 318 g/mol. The molecule has 0 bridgehead atoms. The molecular formula is C18H23FN2O2. The van der Waals surface area contributed by atoms with Gasteiger partial charge in [-0.25, -0.2) is 4.39 Å². The molecular weight excluding hydrogens is 295 g/mol. The molecule has 2 aliphatic carbocycles. The number of ether oxygens (including phenoxy) is 1. The number of fused-ring (bicyclic) bond motifs is 1. The van der Waals surface area contributed by atoms with E-state index in [2.05, 4.69) is 10.6 Å². The minimum Gasteiger partial charge on any atom is -0.487 e. The molecule has 2 unspecified atom stereocenters. The van der Waals surface area contributed by atoms with Gasteiger partial charge in [-0.2, -0.15) is 0 Å². The maximum Gasteiger partial charge on any atom is 0.251 e. The molecule has 2 N–H and O–H groups in total. The first kappa shape index (κ1) is 14.9. The first-order chi connectivity index (χ1) is 11.2. The van der Waals surface area contributed by atoms with Crippen molar-refractivity contribution in [3.05, 3.63) is 29.6 Å². The number of halogens is 1. The van der Waals surface area contributed by atoms with Gasteiger partial charge in [0.05, 0.1) is 6.10 Å². The highest BCUT2D eigenvalue weighted by Gasteiger charge is 2.52. The molecule has 1 amide bonds. The van der Waals surface area contributed by atoms with Crippen LogP contribution in [0, 0.1) is 23.6 Å². The quantitative estimate of drug-likeness (QED) is 0.876. The zero-order chi connectivity index (χ0) is 15.8. The zero-order valence-corrected chi connectivity index (χ0v) is 13.2. The largest absolute Gasteiger partial charge is 0.487 e. The second-order valence-electron chi connectivity index (χ2n) is 7.03. The van der Waals surface area contributed by atoms with Crippen LogP contribution in [0.2, 0.25) is 0 Å². The Morgan fingerprint density at radius 1 is 1.26 bits per heavy atom. The standard InChI is InChI=1S/C18H23FN2O2/c19-16-6-5-11(7-17(16)23-12-3-1-2-4-12)18(22)21-10-15-13-8-20-9-14(13)15/h5-7,12-15,20H,1-4,8-10H2,(H,21,22). The van der Waals surface area contributed by atoms with Crippen molar-refractivity contribution in [3.8, 4) is 5.75 Å². The topological polar surface area (TPSA) is 50.4 Å². The minimum absolute atomic E-state index is 0.0844. The van der Waals surface area contributed by atoms with Crippen molar-refractivity contribution in [1.82, 2.24) is 10.6 Å². The molecule has 0 spiro atoms. The van der Waals surface area contributed by atoms with E-state index in [1.54, 1.807) is 0 Å². The smallest absolute Gasteiger partial charge is 0.251 e. The number of benzene rings is 1. The van der Waals surface area contributed by atoms with Crippen molar-refractivity contribution in [1.29, 1.82) is 0 Å². The number of hydrogen-bond donors (Lipinski definition) is 2. The lowest BCUT2D eigenvalue weighted by Gasteiger charge is -2.14. The molecule has 3 aliphatic rings. The lowest BCUT2D eigenvalue weighted by molar-refractivity contribution is 0.0949. The molecule has 1 aromatic carbocycles. The van der Waals surface area contributed by atoms with E-state index in [0.717, 1.165) is 50.6 Å². The first-order valence-corrected chi connectivity index (χ1v) is 8.67. The van der Waals surface area contributed by atoms with Gasteiger partial charge in [0.25, 0.3) is 5.91 Å². The van der Waals surface area contributed by atoms with Gasteiger partial charge >= 0.3 is 0 Å². The fourth-order valence-corrected chi connectivity index (χ4v) is 4.08. The second-order valence-corrected chi connectivity index (χ2v) is 7.03. The molecule has 1 heterocycles. The Morgan fingerprint density at radius 3 is 2.74 bits per heavy atom. The van der Waals surface area contributed by atoms with Crippen LogP contribution >= 0.6 is 0 Å². The average Bonchev–Trinajstić information content (AvgIpc) is 2.96. The van der Waals surface area contributed by atoms with Crippen molar-refractivity contribution in [3.63, 3.8) is 0 Å². The Labute approximate surface area is 135 Å². The molecule has 1 aliphatic heterocycles. The molecule has 124 valence electrons. The third-order valence-electron chi connectivity index (χ3n) is 5.56. The monoisotopic (exact) mass is 318 g/mol. The molecule has 4 rings (SSSR count). The summed E-state index contributed by atoms with van der Waals surface area (Å²) >= 11 is 0. The van der Waals surface area contributed by atoms with E-state index in [9.17, 15) is 9.18 Å². The normalized spacial score (nSPS) is 29.3. The van der Waals surface area contributed by atoms with E-state index in [1.807, 2.05) is 0 Å². The summed E-state index contributed by atoms with van der Waals surface area (Å²) in [5.74, 6) is 1.73. The van der Waals surface area contributed by atoms with Crippen LogP contribution in [0.3, 0.4) is 0 Å². The summed E-state index contributed by atoms with van der Waals surface area (Å²) in [6.07, 6.45) is 4.28. The number of carbonyl (C=O) groups excluding carboxylic acids is 1. The van der Waals surface area contributed by atoms with E-state index in [-0.39, 0.29) is 17.8 Å². The fraction of sp³-hybridized carbons (Fsp3) is 0.611. The fourth-order valence-electron chi connectivity index (χ4n) is 4.08. The van der Waals surface area contributed by atoms with E-state index in [1.165, 1.54) is 18.2 Å². The van der Waals surface area contributed by atoms with Crippen LogP contribution in [0.15, 0.2) is 18.2 Å². The third kappa shape index (κ3) is 3.07. The van der Waals surface area contributed by atoms with Gasteiger partial charge in [-0.05, 0) is 74.7 Å². The number of nitrogens with one attached hydrogen (secondary N) is 2. The van der Waals surface area contributed by atoms with Gasteiger partial charge in [-0.1, -0.05) is 0 Å². The number of carbonyl (C=O) groups is 1.